The molecular formula is C13H17N3O. The van der Waals surface area contributed by atoms with Crippen molar-refractivity contribution in [1.29, 1.82) is 0 Å². The lowest BCUT2D eigenvalue weighted by molar-refractivity contribution is 0.0972. The van der Waals surface area contributed by atoms with Crippen LogP contribution in [0.1, 0.15) is 37.0 Å². The fraction of sp³-hybridized carbons (Fsp3) is 0.385. The number of rotatable bonds is 4. The molecule has 90 valence electrons. The van der Waals surface area contributed by atoms with E-state index < -0.39 is 0 Å². The lowest BCUT2D eigenvalue weighted by atomic mass is 9.96. The molecule has 1 heterocycles. The van der Waals surface area contributed by atoms with Crippen molar-refractivity contribution in [2.24, 2.45) is 5.73 Å². The molecule has 0 fully saturated rings. The van der Waals surface area contributed by atoms with Gasteiger partial charge in [0.2, 0.25) is 0 Å². The molecule has 0 atom stereocenters. The molecule has 0 aliphatic carbocycles. The topological polar surface area (TPSA) is 71.8 Å². The first-order valence-corrected chi connectivity index (χ1v) is 5.71. The van der Waals surface area contributed by atoms with E-state index in [2.05, 4.69) is 9.97 Å². The normalized spacial score (nSPS) is 11.9. The van der Waals surface area contributed by atoms with Gasteiger partial charge < -0.3 is 10.7 Å². The standard InChI is InChI=1S/C13H17N3O/c1-13(2,14)6-5-12(17)9-3-4-10-11(7-9)16-8-15-10/h3-4,7-8H,5-6,14H2,1-2H3,(H,15,16). The summed E-state index contributed by atoms with van der Waals surface area (Å²) in [7, 11) is 0. The monoisotopic (exact) mass is 231 g/mol. The van der Waals surface area contributed by atoms with Crippen molar-refractivity contribution in [3.63, 3.8) is 0 Å². The summed E-state index contributed by atoms with van der Waals surface area (Å²) in [6.45, 7) is 3.86. The molecule has 0 spiro atoms. The van der Waals surface area contributed by atoms with E-state index in [0.29, 0.717) is 18.4 Å². The quantitative estimate of drug-likeness (QED) is 0.793. The van der Waals surface area contributed by atoms with Gasteiger partial charge >= 0.3 is 0 Å². The number of fused-ring (bicyclic) bond motifs is 1. The van der Waals surface area contributed by atoms with Crippen LogP contribution in [0.4, 0.5) is 0 Å². The van der Waals surface area contributed by atoms with Crippen molar-refractivity contribution in [3.8, 4) is 0 Å². The summed E-state index contributed by atoms with van der Waals surface area (Å²) in [5.74, 6) is 0.125. The number of nitrogens with zero attached hydrogens (tertiary/aromatic N) is 1. The maximum Gasteiger partial charge on any atom is 0.163 e. The van der Waals surface area contributed by atoms with Gasteiger partial charge in [-0.05, 0) is 38.5 Å². The van der Waals surface area contributed by atoms with E-state index in [-0.39, 0.29) is 11.3 Å². The predicted molar refractivity (Wildman–Crippen MR) is 67.9 cm³/mol. The number of Topliss-reactive ketones (excluding diaryl/α,β-unsaturated/α-hetero) is 1. The average molecular weight is 231 g/mol. The number of aromatic nitrogens is 2. The fourth-order valence-electron chi connectivity index (χ4n) is 1.69. The number of nitrogens with one attached hydrogen (secondary N) is 1. The largest absolute Gasteiger partial charge is 0.345 e. The van der Waals surface area contributed by atoms with Crippen LogP contribution in [-0.4, -0.2) is 21.3 Å². The van der Waals surface area contributed by atoms with Crippen LogP contribution in [0.3, 0.4) is 0 Å². The molecule has 3 N–H and O–H groups in total. The van der Waals surface area contributed by atoms with Crippen molar-refractivity contribution in [1.82, 2.24) is 9.97 Å². The molecule has 0 aliphatic heterocycles. The summed E-state index contributed by atoms with van der Waals surface area (Å²) < 4.78 is 0. The highest BCUT2D eigenvalue weighted by Gasteiger charge is 2.14. The lowest BCUT2D eigenvalue weighted by Crippen LogP contribution is -2.32. The van der Waals surface area contributed by atoms with Crippen molar-refractivity contribution >= 4 is 16.8 Å². The Hall–Kier alpha value is -1.68. The first-order valence-electron chi connectivity index (χ1n) is 5.71. The van der Waals surface area contributed by atoms with E-state index in [4.69, 9.17) is 5.73 Å². The second kappa shape index (κ2) is 4.30. The van der Waals surface area contributed by atoms with E-state index >= 15 is 0 Å². The summed E-state index contributed by atoms with van der Waals surface area (Å²) in [4.78, 5) is 19.1. The molecule has 0 radical (unpaired) electrons. The van der Waals surface area contributed by atoms with Crippen molar-refractivity contribution < 1.29 is 4.79 Å². The molecule has 0 unspecified atom stereocenters. The van der Waals surface area contributed by atoms with Gasteiger partial charge in [0.25, 0.3) is 0 Å². The van der Waals surface area contributed by atoms with Gasteiger partial charge in [-0.2, -0.15) is 0 Å². The zero-order valence-electron chi connectivity index (χ0n) is 10.2. The van der Waals surface area contributed by atoms with Gasteiger partial charge in [-0.15, -0.1) is 0 Å². The first kappa shape index (κ1) is 11.8. The molecule has 0 saturated carbocycles. The molecule has 2 rings (SSSR count). The minimum atomic E-state index is -0.298. The Morgan fingerprint density at radius 1 is 1.47 bits per heavy atom. The second-order valence-corrected chi connectivity index (χ2v) is 5.05. The highest BCUT2D eigenvalue weighted by atomic mass is 16.1. The Morgan fingerprint density at radius 3 is 2.94 bits per heavy atom. The Bertz CT molecular complexity index is 537. The van der Waals surface area contributed by atoms with Crippen LogP contribution in [-0.2, 0) is 0 Å². The molecule has 1 aromatic heterocycles. The first-order chi connectivity index (χ1) is 7.96. The number of aromatic amines is 1. The number of H-pyrrole nitrogens is 1. The minimum Gasteiger partial charge on any atom is -0.345 e. The Balaban J connectivity index is 2.13. The Labute approximate surface area is 100 Å². The molecule has 0 saturated heterocycles. The zero-order valence-corrected chi connectivity index (χ0v) is 10.2. The fourth-order valence-corrected chi connectivity index (χ4v) is 1.69. The number of benzene rings is 1. The molecule has 0 bridgehead atoms. The van der Waals surface area contributed by atoms with Crippen molar-refractivity contribution in [3.05, 3.63) is 30.1 Å². The third kappa shape index (κ3) is 2.91. The van der Waals surface area contributed by atoms with Gasteiger partial charge in [-0.3, -0.25) is 4.79 Å². The summed E-state index contributed by atoms with van der Waals surface area (Å²) in [5, 5.41) is 0. The van der Waals surface area contributed by atoms with Crippen molar-refractivity contribution in [2.45, 2.75) is 32.2 Å². The number of carbonyl (C=O) groups is 1. The van der Waals surface area contributed by atoms with Crippen LogP contribution < -0.4 is 5.73 Å². The maximum atomic E-state index is 12.0. The van der Waals surface area contributed by atoms with Gasteiger partial charge in [0.15, 0.2) is 5.78 Å². The van der Waals surface area contributed by atoms with Gasteiger partial charge in [-0.25, -0.2) is 4.98 Å². The van der Waals surface area contributed by atoms with Crippen LogP contribution in [0.2, 0.25) is 0 Å². The Morgan fingerprint density at radius 2 is 2.24 bits per heavy atom. The summed E-state index contributed by atoms with van der Waals surface area (Å²) >= 11 is 0. The van der Waals surface area contributed by atoms with Gasteiger partial charge in [0, 0.05) is 17.5 Å². The summed E-state index contributed by atoms with van der Waals surface area (Å²) in [6.07, 6.45) is 2.79. The molecule has 4 heteroatoms. The molecule has 1 aromatic carbocycles. The van der Waals surface area contributed by atoms with Crippen LogP contribution in [0.5, 0.6) is 0 Å². The highest BCUT2D eigenvalue weighted by Crippen LogP contribution is 2.15. The highest BCUT2D eigenvalue weighted by molar-refractivity contribution is 5.98. The number of hydrogen-bond donors (Lipinski definition) is 2. The van der Waals surface area contributed by atoms with E-state index in [1.165, 1.54) is 0 Å². The summed E-state index contributed by atoms with van der Waals surface area (Å²) in [6, 6.07) is 5.51. The van der Waals surface area contributed by atoms with Crippen LogP contribution >= 0.6 is 0 Å². The average Bonchev–Trinajstić information content (AvgIpc) is 2.71. The molecule has 17 heavy (non-hydrogen) atoms. The van der Waals surface area contributed by atoms with E-state index in [0.717, 1.165) is 11.0 Å². The van der Waals surface area contributed by atoms with E-state index in [1.54, 1.807) is 6.33 Å². The van der Waals surface area contributed by atoms with Crippen molar-refractivity contribution in [2.75, 3.05) is 0 Å². The third-order valence-electron chi connectivity index (χ3n) is 2.74. The second-order valence-electron chi connectivity index (χ2n) is 5.05. The lowest BCUT2D eigenvalue weighted by Gasteiger charge is -2.17. The summed E-state index contributed by atoms with van der Waals surface area (Å²) in [5.41, 5.74) is 8.05. The van der Waals surface area contributed by atoms with E-state index in [9.17, 15) is 4.79 Å². The predicted octanol–water partition coefficient (Wildman–Crippen LogP) is 2.26. The molecule has 2 aromatic rings. The number of hydrogen-bond acceptors (Lipinski definition) is 3. The van der Waals surface area contributed by atoms with E-state index in [1.807, 2.05) is 32.0 Å². The number of ketones is 1. The smallest absolute Gasteiger partial charge is 0.163 e. The van der Waals surface area contributed by atoms with Gasteiger partial charge in [0.1, 0.15) is 0 Å². The SMILES string of the molecule is CC(C)(N)CCC(=O)c1ccc2nc[nH]c2c1. The number of carbonyl (C=O) groups excluding carboxylic acids is 1. The van der Waals surface area contributed by atoms with Crippen LogP contribution in [0.25, 0.3) is 11.0 Å². The maximum absolute atomic E-state index is 12.0. The van der Waals surface area contributed by atoms with Gasteiger partial charge in [0.05, 0.1) is 17.4 Å². The molecule has 4 nitrogen and oxygen atoms in total. The minimum absolute atomic E-state index is 0.125. The van der Waals surface area contributed by atoms with Crippen LogP contribution in [0.15, 0.2) is 24.5 Å². The zero-order chi connectivity index (χ0) is 12.5. The number of imidazole rings is 1. The third-order valence-corrected chi connectivity index (χ3v) is 2.74. The molecule has 0 amide bonds. The molecule has 0 aliphatic rings. The Kier molecular flexibility index (Phi) is 2.98. The van der Waals surface area contributed by atoms with Gasteiger partial charge in [-0.1, -0.05) is 0 Å². The van der Waals surface area contributed by atoms with Crippen LogP contribution in [0, 0.1) is 0 Å². The molecular weight excluding hydrogens is 214 g/mol. The number of nitrogens with two attached hydrogens (primary N) is 1.